The zero-order valence-corrected chi connectivity index (χ0v) is 26.5. The van der Waals surface area contributed by atoms with Crippen molar-refractivity contribution in [2.24, 2.45) is 11.8 Å². The highest BCUT2D eigenvalue weighted by molar-refractivity contribution is 5.98. The van der Waals surface area contributed by atoms with Crippen molar-refractivity contribution in [2.45, 2.75) is 102 Å². The highest BCUT2D eigenvalue weighted by Crippen LogP contribution is 2.48. The lowest BCUT2D eigenvalue weighted by Crippen LogP contribution is -2.66. The number of hydrogen-bond donors (Lipinski definition) is 1. The molecule has 1 aromatic heterocycles. The molecule has 2 saturated heterocycles. The minimum atomic E-state index is -0.353. The Morgan fingerprint density at radius 3 is 2.48 bits per heavy atom. The molecule has 3 aliphatic carbocycles. The molecule has 9 nitrogen and oxygen atoms in total. The molecule has 6 aliphatic rings. The van der Waals surface area contributed by atoms with Gasteiger partial charge in [0.15, 0.2) is 0 Å². The number of hydrogen-bond acceptors (Lipinski definition) is 8. The molecule has 4 heterocycles. The third kappa shape index (κ3) is 5.39. The molecule has 0 spiro atoms. The number of nitrogens with zero attached hydrogens (tertiary/aromatic N) is 5. The molecule has 1 aromatic carbocycles. The van der Waals surface area contributed by atoms with Crippen LogP contribution in [-0.2, 0) is 16.0 Å². The minimum absolute atomic E-state index is 0.00323. The molecule has 3 saturated carbocycles. The lowest BCUT2D eigenvalue weighted by Gasteiger charge is -2.52. The van der Waals surface area contributed by atoms with Crippen LogP contribution in [0.25, 0.3) is 0 Å². The van der Waals surface area contributed by atoms with Crippen molar-refractivity contribution < 1.29 is 14.3 Å². The van der Waals surface area contributed by atoms with E-state index >= 15 is 0 Å². The molecule has 0 bridgehead atoms. The fraction of sp³-hybridized carbons (Fsp3) is 0.686. The van der Waals surface area contributed by atoms with Gasteiger partial charge in [-0.2, -0.15) is 4.98 Å². The van der Waals surface area contributed by atoms with Crippen molar-refractivity contribution in [2.75, 3.05) is 49.6 Å². The van der Waals surface area contributed by atoms with E-state index in [1.54, 1.807) is 0 Å². The number of benzene rings is 1. The average Bonchev–Trinajstić information content (AvgIpc) is 3.99. The molecular weight excluding hydrogens is 552 g/mol. The first-order chi connectivity index (χ1) is 21.5. The zero-order valence-electron chi connectivity index (χ0n) is 26.5. The molecule has 1 amide bonds. The predicted molar refractivity (Wildman–Crippen MR) is 170 cm³/mol. The molecule has 8 rings (SSSR count). The summed E-state index contributed by atoms with van der Waals surface area (Å²) in [5.74, 6) is 3.26. The summed E-state index contributed by atoms with van der Waals surface area (Å²) in [6.45, 7) is 9.31. The highest BCUT2D eigenvalue weighted by atomic mass is 16.5. The number of nitrogens with one attached hydrogen (secondary N) is 1. The standard InChI is InChI=1S/C35H48N6O3/c1-23(2)41-20-29-31(33(41)42)37-34(38-32(29)36-28-14-10-25(11-15-28)24-6-4-3-5-7-24)39-16-19-44-35(22-39,27-12-13-27)40-17-18-43-30(21-40)26-8-9-26/h10-11,14-15,23-24,26-27,30H,3-9,12-13,16-22H2,1-2H3,(H,36,37,38). The summed E-state index contributed by atoms with van der Waals surface area (Å²) >= 11 is 0. The van der Waals surface area contributed by atoms with Gasteiger partial charge in [0.25, 0.3) is 5.91 Å². The number of carbonyl (C=O) groups excluding carboxylic acids is 1. The second-order valence-electron chi connectivity index (χ2n) is 14.4. The first-order valence-electron chi connectivity index (χ1n) is 17.3. The van der Waals surface area contributed by atoms with Crippen LogP contribution in [0.3, 0.4) is 0 Å². The molecule has 5 fully saturated rings. The number of carbonyl (C=O) groups is 1. The van der Waals surface area contributed by atoms with E-state index in [0.29, 0.717) is 61.7 Å². The van der Waals surface area contributed by atoms with Crippen LogP contribution in [0.2, 0.25) is 0 Å². The summed E-state index contributed by atoms with van der Waals surface area (Å²) in [7, 11) is 0. The quantitative estimate of drug-likeness (QED) is 0.414. The summed E-state index contributed by atoms with van der Waals surface area (Å²) in [5, 5.41) is 3.62. The van der Waals surface area contributed by atoms with Crippen LogP contribution in [0.15, 0.2) is 24.3 Å². The summed E-state index contributed by atoms with van der Waals surface area (Å²) < 4.78 is 13.0. The molecular formula is C35H48N6O3. The first-order valence-corrected chi connectivity index (χ1v) is 17.3. The Morgan fingerprint density at radius 2 is 1.75 bits per heavy atom. The Balaban J connectivity index is 1.09. The van der Waals surface area contributed by atoms with Crippen LogP contribution >= 0.6 is 0 Å². The van der Waals surface area contributed by atoms with E-state index in [1.807, 2.05) is 4.90 Å². The summed E-state index contributed by atoms with van der Waals surface area (Å²) in [6, 6.07) is 8.99. The Labute approximate surface area is 261 Å². The Bertz CT molecular complexity index is 1370. The van der Waals surface area contributed by atoms with Gasteiger partial charge in [0, 0.05) is 42.8 Å². The van der Waals surface area contributed by atoms with Gasteiger partial charge in [0.05, 0.1) is 32.4 Å². The normalized spacial score (nSPS) is 28.5. The molecule has 2 aromatic rings. The molecule has 1 N–H and O–H groups in total. The van der Waals surface area contributed by atoms with Gasteiger partial charge in [-0.05, 0) is 81.9 Å². The van der Waals surface area contributed by atoms with Crippen molar-refractivity contribution in [3.8, 4) is 0 Å². The highest BCUT2D eigenvalue weighted by Gasteiger charge is 2.55. The van der Waals surface area contributed by atoms with Crippen molar-refractivity contribution >= 4 is 23.4 Å². The van der Waals surface area contributed by atoms with Gasteiger partial charge in [0.1, 0.15) is 17.2 Å². The topological polar surface area (TPSA) is 83.1 Å². The Morgan fingerprint density at radius 1 is 0.955 bits per heavy atom. The SMILES string of the molecule is CC(C)N1Cc2c(Nc3ccc(C4CCCCC4)cc3)nc(N3CCOC(C4CC4)(N4CCOC(C5CC5)C4)C3)nc2C1=O. The van der Waals surface area contributed by atoms with Crippen molar-refractivity contribution in [1.29, 1.82) is 0 Å². The number of anilines is 3. The maximum atomic E-state index is 13.6. The minimum Gasteiger partial charge on any atom is -0.375 e. The third-order valence-electron chi connectivity index (χ3n) is 11.1. The van der Waals surface area contributed by atoms with Gasteiger partial charge >= 0.3 is 0 Å². The van der Waals surface area contributed by atoms with Gasteiger partial charge < -0.3 is 24.6 Å². The number of morpholine rings is 2. The number of fused-ring (bicyclic) bond motifs is 1. The molecule has 2 unspecified atom stereocenters. The third-order valence-corrected chi connectivity index (χ3v) is 11.1. The number of aromatic nitrogens is 2. The molecule has 0 radical (unpaired) electrons. The lowest BCUT2D eigenvalue weighted by atomic mass is 9.84. The van der Waals surface area contributed by atoms with Crippen LogP contribution < -0.4 is 10.2 Å². The second kappa shape index (κ2) is 11.6. The first kappa shape index (κ1) is 28.7. The van der Waals surface area contributed by atoms with Gasteiger partial charge in [-0.15, -0.1) is 0 Å². The van der Waals surface area contributed by atoms with Gasteiger partial charge in [0.2, 0.25) is 5.95 Å². The van der Waals surface area contributed by atoms with Crippen LogP contribution in [0.1, 0.15) is 99.2 Å². The van der Waals surface area contributed by atoms with E-state index in [0.717, 1.165) is 36.8 Å². The van der Waals surface area contributed by atoms with Crippen LogP contribution in [-0.4, -0.2) is 82.9 Å². The largest absolute Gasteiger partial charge is 0.375 e. The van der Waals surface area contributed by atoms with Crippen LogP contribution in [0.4, 0.5) is 17.5 Å². The number of ether oxygens (including phenoxy) is 2. The maximum absolute atomic E-state index is 13.6. The van der Waals surface area contributed by atoms with Gasteiger partial charge in [-0.25, -0.2) is 4.98 Å². The zero-order chi connectivity index (χ0) is 29.8. The molecule has 3 aliphatic heterocycles. The summed E-state index contributed by atoms with van der Waals surface area (Å²) in [5.41, 5.74) is 3.51. The van der Waals surface area contributed by atoms with Crippen LogP contribution in [0.5, 0.6) is 0 Å². The smallest absolute Gasteiger partial charge is 0.273 e. The maximum Gasteiger partial charge on any atom is 0.273 e. The molecule has 9 heteroatoms. The Kier molecular flexibility index (Phi) is 7.54. The van der Waals surface area contributed by atoms with Crippen molar-refractivity contribution in [3.63, 3.8) is 0 Å². The monoisotopic (exact) mass is 600 g/mol. The molecule has 44 heavy (non-hydrogen) atoms. The summed E-state index contributed by atoms with van der Waals surface area (Å²) in [6.07, 6.45) is 11.9. The molecule has 236 valence electrons. The number of rotatable bonds is 8. The average molecular weight is 601 g/mol. The second-order valence-corrected chi connectivity index (χ2v) is 14.4. The van der Waals surface area contributed by atoms with E-state index in [4.69, 9.17) is 19.4 Å². The van der Waals surface area contributed by atoms with E-state index in [2.05, 4.69) is 53.2 Å². The van der Waals surface area contributed by atoms with E-state index < -0.39 is 0 Å². The van der Waals surface area contributed by atoms with E-state index in [-0.39, 0.29) is 17.7 Å². The Hall–Kier alpha value is -2.75. The van der Waals surface area contributed by atoms with Crippen LogP contribution in [0, 0.1) is 11.8 Å². The van der Waals surface area contributed by atoms with Crippen molar-refractivity contribution in [1.82, 2.24) is 19.8 Å². The fourth-order valence-electron chi connectivity index (χ4n) is 8.15. The van der Waals surface area contributed by atoms with E-state index in [1.165, 1.54) is 63.4 Å². The summed E-state index contributed by atoms with van der Waals surface area (Å²) in [4.78, 5) is 30.6. The van der Waals surface area contributed by atoms with Gasteiger partial charge in [-0.1, -0.05) is 31.4 Å². The molecule has 2 atom stereocenters. The lowest BCUT2D eigenvalue weighted by molar-refractivity contribution is -0.208. The van der Waals surface area contributed by atoms with Gasteiger partial charge in [-0.3, -0.25) is 9.69 Å². The number of amides is 1. The van der Waals surface area contributed by atoms with E-state index in [9.17, 15) is 4.79 Å². The fourth-order valence-corrected chi connectivity index (χ4v) is 8.15. The predicted octanol–water partition coefficient (Wildman–Crippen LogP) is 5.69. The van der Waals surface area contributed by atoms with Crippen molar-refractivity contribution in [3.05, 3.63) is 41.1 Å².